The molecule has 23 heavy (non-hydrogen) atoms. The summed E-state index contributed by atoms with van der Waals surface area (Å²) in [5, 5.41) is 1.56. The van der Waals surface area contributed by atoms with Gasteiger partial charge in [-0.05, 0) is 25.1 Å². The summed E-state index contributed by atoms with van der Waals surface area (Å²) >= 11 is 2.38. The third-order valence-corrected chi connectivity index (χ3v) is 5.84. The number of anilines is 1. The Kier molecular flexibility index (Phi) is 4.28. The molecule has 0 unspecified atom stereocenters. The van der Waals surface area contributed by atoms with Gasteiger partial charge in [-0.15, -0.1) is 22.7 Å². The monoisotopic (exact) mass is 369 g/mol. The van der Waals surface area contributed by atoms with E-state index in [1.165, 1.54) is 22.8 Å². The Morgan fingerprint density at radius 3 is 2.96 bits per heavy atom. The molecule has 0 aliphatic rings. The lowest BCUT2D eigenvalue weighted by molar-refractivity contribution is 0.0520. The van der Waals surface area contributed by atoms with Crippen LogP contribution in [0.4, 0.5) is 5.13 Å². The van der Waals surface area contributed by atoms with Crippen molar-refractivity contribution >= 4 is 54.0 Å². The normalized spacial score (nSPS) is 11.5. The molecule has 0 saturated carbocycles. The Labute approximate surface area is 140 Å². The standard InChI is InChI=1S/C13H11N3O4S3/c1-2-20-12(17)10-6-21-13(15-10)16-23(18,19)8-3-4-9-11(5-8)22-7-14-9/h3-7H,2H2,1H3,(H,15,16). The van der Waals surface area contributed by atoms with Crippen molar-refractivity contribution in [3.05, 3.63) is 34.8 Å². The van der Waals surface area contributed by atoms with Crippen molar-refractivity contribution in [3.8, 4) is 0 Å². The number of fused-ring (bicyclic) bond motifs is 1. The number of nitrogens with one attached hydrogen (secondary N) is 1. The van der Waals surface area contributed by atoms with Gasteiger partial charge in [0.1, 0.15) is 0 Å². The third-order valence-electron chi connectivity index (χ3n) is 2.82. The first kappa shape index (κ1) is 15.8. The number of hydrogen-bond donors (Lipinski definition) is 1. The summed E-state index contributed by atoms with van der Waals surface area (Å²) in [6.45, 7) is 1.91. The largest absolute Gasteiger partial charge is 0.461 e. The Balaban J connectivity index is 1.84. The van der Waals surface area contributed by atoms with Gasteiger partial charge in [0, 0.05) is 5.38 Å². The van der Waals surface area contributed by atoms with Gasteiger partial charge in [0.15, 0.2) is 10.8 Å². The van der Waals surface area contributed by atoms with Crippen molar-refractivity contribution in [1.82, 2.24) is 9.97 Å². The molecule has 0 aliphatic heterocycles. The van der Waals surface area contributed by atoms with Gasteiger partial charge in [-0.25, -0.2) is 23.2 Å². The predicted octanol–water partition coefficient (Wildman–Crippen LogP) is 2.73. The van der Waals surface area contributed by atoms with E-state index in [0.29, 0.717) is 0 Å². The summed E-state index contributed by atoms with van der Waals surface area (Å²) in [6, 6.07) is 4.67. The number of carbonyl (C=O) groups excluding carboxylic acids is 1. The average molecular weight is 369 g/mol. The number of thiazole rings is 2. The van der Waals surface area contributed by atoms with Crippen LogP contribution in [0.5, 0.6) is 0 Å². The molecule has 3 rings (SSSR count). The molecular formula is C13H11N3O4S3. The molecule has 0 atom stereocenters. The summed E-state index contributed by atoms with van der Waals surface area (Å²) in [5.41, 5.74) is 2.47. The van der Waals surface area contributed by atoms with Gasteiger partial charge in [-0.1, -0.05) is 0 Å². The number of nitrogens with zero attached hydrogens (tertiary/aromatic N) is 2. The fourth-order valence-electron chi connectivity index (χ4n) is 1.80. The number of rotatable bonds is 5. The molecule has 120 valence electrons. The van der Waals surface area contributed by atoms with E-state index < -0.39 is 16.0 Å². The van der Waals surface area contributed by atoms with Crippen molar-refractivity contribution in [1.29, 1.82) is 0 Å². The number of sulfonamides is 1. The van der Waals surface area contributed by atoms with Gasteiger partial charge >= 0.3 is 5.97 Å². The van der Waals surface area contributed by atoms with E-state index in [1.54, 1.807) is 24.6 Å². The SMILES string of the molecule is CCOC(=O)c1csc(NS(=O)(=O)c2ccc3ncsc3c2)n1. The molecule has 10 heteroatoms. The Morgan fingerprint density at radius 2 is 2.17 bits per heavy atom. The van der Waals surface area contributed by atoms with E-state index in [2.05, 4.69) is 14.7 Å². The minimum Gasteiger partial charge on any atom is -0.461 e. The van der Waals surface area contributed by atoms with Gasteiger partial charge in [-0.3, -0.25) is 4.72 Å². The number of hydrogen-bond acceptors (Lipinski definition) is 8. The van der Waals surface area contributed by atoms with Crippen LogP contribution in [0.15, 0.2) is 34.0 Å². The molecule has 1 N–H and O–H groups in total. The lowest BCUT2D eigenvalue weighted by atomic mass is 10.3. The third kappa shape index (κ3) is 3.33. The van der Waals surface area contributed by atoms with Gasteiger partial charge in [0.2, 0.25) is 0 Å². The van der Waals surface area contributed by atoms with Gasteiger partial charge in [0.25, 0.3) is 10.0 Å². The van der Waals surface area contributed by atoms with Crippen LogP contribution in [0.25, 0.3) is 10.2 Å². The second-order valence-corrected chi connectivity index (χ2v) is 7.77. The maximum Gasteiger partial charge on any atom is 0.357 e. The second-order valence-electron chi connectivity index (χ2n) is 4.35. The fourth-order valence-corrected chi connectivity index (χ4v) is 4.55. The highest BCUT2D eigenvalue weighted by molar-refractivity contribution is 7.93. The zero-order chi connectivity index (χ0) is 16.4. The summed E-state index contributed by atoms with van der Waals surface area (Å²) < 4.78 is 32.8. The zero-order valence-corrected chi connectivity index (χ0v) is 14.3. The molecule has 2 heterocycles. The van der Waals surface area contributed by atoms with Crippen molar-refractivity contribution < 1.29 is 17.9 Å². The van der Waals surface area contributed by atoms with Crippen molar-refractivity contribution in [2.75, 3.05) is 11.3 Å². The van der Waals surface area contributed by atoms with Crippen LogP contribution in [0.1, 0.15) is 17.4 Å². The number of carbonyl (C=O) groups is 1. The zero-order valence-electron chi connectivity index (χ0n) is 11.8. The van der Waals surface area contributed by atoms with Gasteiger partial charge < -0.3 is 4.74 Å². The molecule has 3 aromatic rings. The van der Waals surface area contributed by atoms with Gasteiger partial charge in [-0.2, -0.15) is 0 Å². The lowest BCUT2D eigenvalue weighted by Crippen LogP contribution is -2.13. The number of aromatic nitrogens is 2. The quantitative estimate of drug-likeness (QED) is 0.694. The smallest absolute Gasteiger partial charge is 0.357 e. The second kappa shape index (κ2) is 6.22. The van der Waals surface area contributed by atoms with E-state index in [4.69, 9.17) is 4.74 Å². The summed E-state index contributed by atoms with van der Waals surface area (Å²) in [4.78, 5) is 19.7. The molecule has 0 fully saturated rings. The van der Waals surface area contributed by atoms with Crippen LogP contribution in [-0.2, 0) is 14.8 Å². The molecular weight excluding hydrogens is 358 g/mol. The number of ether oxygens (including phenoxy) is 1. The molecule has 0 saturated heterocycles. The summed E-state index contributed by atoms with van der Waals surface area (Å²) in [7, 11) is -3.78. The molecule has 0 amide bonds. The molecule has 0 bridgehead atoms. The van der Waals surface area contributed by atoms with Crippen molar-refractivity contribution in [2.24, 2.45) is 0 Å². The predicted molar refractivity (Wildman–Crippen MR) is 88.5 cm³/mol. The molecule has 0 radical (unpaired) electrons. The Hall–Kier alpha value is -2.04. The van der Waals surface area contributed by atoms with E-state index in [1.807, 2.05) is 0 Å². The minimum absolute atomic E-state index is 0.0764. The van der Waals surface area contributed by atoms with Crippen LogP contribution < -0.4 is 4.72 Å². The topological polar surface area (TPSA) is 98.2 Å². The molecule has 2 aromatic heterocycles. The van der Waals surface area contributed by atoms with Crippen molar-refractivity contribution in [2.45, 2.75) is 11.8 Å². The van der Waals surface area contributed by atoms with E-state index in [-0.39, 0.29) is 22.3 Å². The van der Waals surface area contributed by atoms with Crippen LogP contribution in [0, 0.1) is 0 Å². The van der Waals surface area contributed by atoms with Gasteiger partial charge in [0.05, 0.1) is 27.2 Å². The maximum absolute atomic E-state index is 12.4. The maximum atomic E-state index is 12.4. The Bertz CT molecular complexity index is 962. The molecule has 0 aliphatic carbocycles. The molecule has 0 spiro atoms. The van der Waals surface area contributed by atoms with Crippen LogP contribution in [0.2, 0.25) is 0 Å². The highest BCUT2D eigenvalue weighted by Gasteiger charge is 2.19. The lowest BCUT2D eigenvalue weighted by Gasteiger charge is -2.04. The van der Waals surface area contributed by atoms with E-state index in [9.17, 15) is 13.2 Å². The number of benzene rings is 1. The molecule has 1 aromatic carbocycles. The Morgan fingerprint density at radius 1 is 1.35 bits per heavy atom. The first-order valence-electron chi connectivity index (χ1n) is 6.48. The minimum atomic E-state index is -3.78. The fraction of sp³-hybridized carbons (Fsp3) is 0.154. The summed E-state index contributed by atoms with van der Waals surface area (Å²) in [6.07, 6.45) is 0. The van der Waals surface area contributed by atoms with Crippen LogP contribution in [-0.4, -0.2) is 31.0 Å². The summed E-state index contributed by atoms with van der Waals surface area (Å²) in [5.74, 6) is -0.583. The van der Waals surface area contributed by atoms with Crippen LogP contribution in [0.3, 0.4) is 0 Å². The van der Waals surface area contributed by atoms with E-state index >= 15 is 0 Å². The highest BCUT2D eigenvalue weighted by Crippen LogP contribution is 2.24. The van der Waals surface area contributed by atoms with Crippen LogP contribution >= 0.6 is 22.7 Å². The number of esters is 1. The van der Waals surface area contributed by atoms with E-state index in [0.717, 1.165) is 21.6 Å². The average Bonchev–Trinajstić information content (AvgIpc) is 3.15. The highest BCUT2D eigenvalue weighted by atomic mass is 32.2. The first-order valence-corrected chi connectivity index (χ1v) is 9.72. The molecule has 7 nitrogen and oxygen atoms in total. The van der Waals surface area contributed by atoms with Crippen molar-refractivity contribution in [3.63, 3.8) is 0 Å². The first-order chi connectivity index (χ1) is 11.0.